The van der Waals surface area contributed by atoms with Gasteiger partial charge in [0, 0.05) is 11.1 Å². The molecular weight excluding hydrogens is 681 g/mol. The highest BCUT2D eigenvalue weighted by molar-refractivity contribution is 7.84. The van der Waals surface area contributed by atoms with Crippen molar-refractivity contribution in [2.24, 2.45) is 0 Å². The third-order valence-corrected chi connectivity index (χ3v) is 10.3. The van der Waals surface area contributed by atoms with E-state index in [1.165, 1.54) is 65.8 Å². The van der Waals surface area contributed by atoms with Gasteiger partial charge in [-0.25, -0.2) is 17.9 Å². The third-order valence-electron chi connectivity index (χ3n) is 6.45. The molecule has 0 fully saturated rings. The quantitative estimate of drug-likeness (QED) is 0.283. The maximum atomic E-state index is 13.7. The summed E-state index contributed by atoms with van der Waals surface area (Å²) in [7, 11) is -4.24. The number of anilines is 2. The summed E-state index contributed by atoms with van der Waals surface area (Å²) >= 11 is 11.7. The summed E-state index contributed by atoms with van der Waals surface area (Å²) in [5, 5.41) is 4.24. The Hall–Kier alpha value is -2.24. The lowest BCUT2D eigenvalue weighted by Crippen LogP contribution is -2.60. The van der Waals surface area contributed by atoms with Crippen molar-refractivity contribution in [2.75, 3.05) is 10.6 Å². The van der Waals surface area contributed by atoms with Gasteiger partial charge in [-0.2, -0.15) is 26.3 Å². The third kappa shape index (κ3) is 6.25. The summed E-state index contributed by atoms with van der Waals surface area (Å²) in [6, 6.07) is 7.63. The van der Waals surface area contributed by atoms with Gasteiger partial charge >= 0.3 is 12.4 Å². The van der Waals surface area contributed by atoms with Gasteiger partial charge < -0.3 is 10.6 Å². The van der Waals surface area contributed by atoms with Gasteiger partial charge in [-0.15, -0.1) is 0 Å². The first-order chi connectivity index (χ1) is 19.8. The van der Waals surface area contributed by atoms with E-state index in [0.29, 0.717) is 0 Å². The summed E-state index contributed by atoms with van der Waals surface area (Å²) in [4.78, 5) is 24.3. The normalized spacial score (nSPS) is 23.1. The Bertz CT molecular complexity index is 1430. The molecule has 0 unspecified atom stereocenters. The molecule has 0 bridgehead atoms. The number of carbonyl (C=O) groups excluding carboxylic acids is 2. The second kappa shape index (κ2) is 11.8. The summed E-state index contributed by atoms with van der Waals surface area (Å²) in [5.74, 6) is -2.69. The number of hydrogen-bond acceptors (Lipinski definition) is 4. The molecule has 2 aliphatic heterocycles. The number of benzene rings is 2. The highest BCUT2D eigenvalue weighted by Crippen LogP contribution is 2.50. The largest absolute Gasteiger partial charge is 0.420 e. The smallest absolute Gasteiger partial charge is 0.322 e. The van der Waals surface area contributed by atoms with Crippen molar-refractivity contribution in [1.29, 1.82) is 0 Å². The van der Waals surface area contributed by atoms with Crippen molar-refractivity contribution in [3.8, 4) is 0 Å². The molecule has 0 radical (unpaired) electrons. The highest BCUT2D eigenvalue weighted by Gasteiger charge is 2.68. The van der Waals surface area contributed by atoms with Gasteiger partial charge in [0.2, 0.25) is 11.1 Å². The number of carbonyl (C=O) groups is 2. The SMILES string of the molecule is CC(C)(C)[S@@](=O)N[C@]1(C(F)(F)F)C(=O)Nc2c(Cl)cccc21.CC(C)(C)[S@@](=O)N[C@]1(C(F)(F)F)C(=O)Nc2c(Cl)cccc21. The molecule has 44 heavy (non-hydrogen) atoms. The van der Waals surface area contributed by atoms with E-state index in [1.807, 2.05) is 9.44 Å². The fraction of sp³-hybridized carbons (Fsp3) is 0.462. The molecule has 4 rings (SSSR count). The van der Waals surface area contributed by atoms with E-state index in [1.54, 1.807) is 0 Å². The first-order valence-corrected chi connectivity index (χ1v) is 15.6. The van der Waals surface area contributed by atoms with Crippen molar-refractivity contribution in [2.45, 2.75) is 74.5 Å². The second-order valence-corrected chi connectivity index (χ2v) is 16.4. The lowest BCUT2D eigenvalue weighted by atomic mass is 9.92. The van der Waals surface area contributed by atoms with Crippen LogP contribution in [0.2, 0.25) is 10.0 Å². The predicted octanol–water partition coefficient (Wildman–Crippen LogP) is 6.20. The molecule has 4 atom stereocenters. The van der Waals surface area contributed by atoms with Crippen molar-refractivity contribution >= 4 is 68.4 Å². The monoisotopic (exact) mass is 708 g/mol. The number of halogens is 8. The summed E-state index contributed by atoms with van der Waals surface area (Å²) in [5.41, 5.74) is -7.18. The first kappa shape index (κ1) is 36.2. The van der Waals surface area contributed by atoms with Crippen LogP contribution in [-0.4, -0.2) is 42.1 Å². The fourth-order valence-electron chi connectivity index (χ4n) is 4.05. The number of hydrogen-bond donors (Lipinski definition) is 4. The first-order valence-electron chi connectivity index (χ1n) is 12.6. The molecule has 2 aliphatic rings. The Morgan fingerprint density at radius 3 is 1.18 bits per heavy atom. The minimum atomic E-state index is -4.99. The molecular formula is C26H28Cl2F6N4O4S2. The average molecular weight is 710 g/mol. The minimum absolute atomic E-state index is 0.0136. The van der Waals surface area contributed by atoms with E-state index in [4.69, 9.17) is 23.2 Å². The molecule has 2 aromatic carbocycles. The van der Waals surface area contributed by atoms with Crippen molar-refractivity contribution < 1.29 is 44.3 Å². The Morgan fingerprint density at radius 1 is 0.636 bits per heavy atom. The molecule has 2 heterocycles. The van der Waals surface area contributed by atoms with Crippen LogP contribution < -0.4 is 20.1 Å². The number of rotatable bonds is 4. The van der Waals surface area contributed by atoms with Crippen LogP contribution in [0.25, 0.3) is 0 Å². The predicted molar refractivity (Wildman–Crippen MR) is 158 cm³/mol. The van der Waals surface area contributed by atoms with E-state index in [0.717, 1.165) is 12.1 Å². The van der Waals surface area contributed by atoms with Gasteiger partial charge in [-0.1, -0.05) is 47.5 Å². The molecule has 0 saturated carbocycles. The van der Waals surface area contributed by atoms with Crippen molar-refractivity contribution in [3.63, 3.8) is 0 Å². The second-order valence-electron chi connectivity index (χ2n) is 11.7. The molecule has 0 spiro atoms. The summed E-state index contributed by atoms with van der Waals surface area (Å²) in [6.07, 6.45) is -9.98. The van der Waals surface area contributed by atoms with Gasteiger partial charge in [0.1, 0.15) is 0 Å². The Labute approximate surface area is 264 Å². The zero-order valence-corrected chi connectivity index (χ0v) is 27.1. The average Bonchev–Trinajstić information content (AvgIpc) is 3.32. The molecule has 4 N–H and O–H groups in total. The van der Waals surface area contributed by atoms with Crippen LogP contribution in [0.3, 0.4) is 0 Å². The molecule has 2 amide bonds. The number of nitrogens with one attached hydrogen (secondary N) is 4. The maximum Gasteiger partial charge on any atom is 0.420 e. The molecule has 0 saturated heterocycles. The molecule has 18 heteroatoms. The molecule has 8 nitrogen and oxygen atoms in total. The van der Waals surface area contributed by atoms with Gasteiger partial charge in [0.25, 0.3) is 11.8 Å². The number of para-hydroxylation sites is 2. The van der Waals surface area contributed by atoms with Crippen molar-refractivity contribution in [3.05, 3.63) is 57.6 Å². The zero-order chi connectivity index (χ0) is 33.8. The zero-order valence-electron chi connectivity index (χ0n) is 23.9. The number of fused-ring (bicyclic) bond motifs is 2. The Morgan fingerprint density at radius 2 is 0.932 bits per heavy atom. The Balaban J connectivity index is 0.000000240. The molecule has 0 aliphatic carbocycles. The number of alkyl halides is 6. The van der Waals surface area contributed by atoms with E-state index in [-0.39, 0.29) is 32.5 Å². The van der Waals surface area contributed by atoms with E-state index in [2.05, 4.69) is 10.6 Å². The number of amides is 2. The van der Waals surface area contributed by atoms with Crippen LogP contribution in [-0.2, 0) is 42.6 Å². The highest BCUT2D eigenvalue weighted by atomic mass is 35.5. The molecule has 2 aromatic rings. The summed E-state index contributed by atoms with van der Waals surface area (Å²) < 4.78 is 109. The standard InChI is InChI=1S/2C13H14ClF3N2O2S/c2*1-11(2,3)22(21)19-12(13(15,16)17)7-5-4-6-8(14)9(7)18-10(12)20/h2*4-6,19H,1-3H3,(H,18,20)/t2*12-,22+/m00/s1. The lowest BCUT2D eigenvalue weighted by molar-refractivity contribution is -0.195. The van der Waals surface area contributed by atoms with Crippen LogP contribution >= 0.6 is 23.2 Å². The van der Waals surface area contributed by atoms with Gasteiger partial charge in [-0.3, -0.25) is 9.59 Å². The lowest BCUT2D eigenvalue weighted by Gasteiger charge is -2.33. The van der Waals surface area contributed by atoms with Gasteiger partial charge in [0.15, 0.2) is 0 Å². The Kier molecular flexibility index (Phi) is 9.75. The van der Waals surface area contributed by atoms with Gasteiger partial charge in [0.05, 0.1) is 52.9 Å². The van der Waals surface area contributed by atoms with Crippen LogP contribution in [0.5, 0.6) is 0 Å². The fourth-order valence-corrected chi connectivity index (χ4v) is 6.30. The molecule has 244 valence electrons. The van der Waals surface area contributed by atoms with E-state index >= 15 is 0 Å². The topological polar surface area (TPSA) is 116 Å². The summed E-state index contributed by atoms with van der Waals surface area (Å²) in [6.45, 7) is 9.04. The van der Waals surface area contributed by atoms with Crippen LogP contribution in [0.15, 0.2) is 36.4 Å². The van der Waals surface area contributed by atoms with Gasteiger partial charge in [-0.05, 0) is 53.7 Å². The van der Waals surface area contributed by atoms with Crippen LogP contribution in [0.1, 0.15) is 52.7 Å². The van der Waals surface area contributed by atoms with E-state index in [9.17, 15) is 44.3 Å². The van der Waals surface area contributed by atoms with E-state index < -0.39 is 66.7 Å². The van der Waals surface area contributed by atoms with Crippen molar-refractivity contribution in [1.82, 2.24) is 9.44 Å². The maximum absolute atomic E-state index is 13.7. The van der Waals surface area contributed by atoms with Crippen LogP contribution in [0, 0.1) is 0 Å². The minimum Gasteiger partial charge on any atom is -0.322 e. The van der Waals surface area contributed by atoms with Crippen LogP contribution in [0.4, 0.5) is 37.7 Å². The molecule has 0 aromatic heterocycles.